The summed E-state index contributed by atoms with van der Waals surface area (Å²) in [4.78, 5) is 19.6. The highest BCUT2D eigenvalue weighted by Gasteiger charge is 2.37. The minimum atomic E-state index is -0.299. The van der Waals surface area contributed by atoms with Gasteiger partial charge in [-0.25, -0.2) is 5.01 Å². The molecular formula is C29H28N4O4S. The van der Waals surface area contributed by atoms with E-state index < -0.39 is 0 Å². The van der Waals surface area contributed by atoms with Crippen LogP contribution in [0.15, 0.2) is 81.7 Å². The van der Waals surface area contributed by atoms with E-state index in [1.165, 1.54) is 7.11 Å². The molecule has 5 rings (SSSR count). The molecule has 194 valence electrons. The van der Waals surface area contributed by atoms with Crippen LogP contribution in [0.5, 0.6) is 17.2 Å². The first-order valence-electron chi connectivity index (χ1n) is 12.0. The fourth-order valence-electron chi connectivity index (χ4n) is 4.42. The molecule has 0 aromatic heterocycles. The number of nitrogens with zero attached hydrogens (tertiary/aromatic N) is 4. The fraction of sp³-hybridized carbons (Fsp3) is 0.207. The lowest BCUT2D eigenvalue weighted by molar-refractivity contribution is 0.267. The van der Waals surface area contributed by atoms with Crippen molar-refractivity contribution in [2.45, 2.75) is 12.5 Å². The maximum Gasteiger partial charge on any atom is 0.311 e. The number of methoxy groups -OCH3 is 2. The van der Waals surface area contributed by atoms with E-state index in [0.29, 0.717) is 22.9 Å². The highest BCUT2D eigenvalue weighted by Crippen LogP contribution is 2.40. The van der Waals surface area contributed by atoms with E-state index in [-0.39, 0.29) is 17.0 Å². The third kappa shape index (κ3) is 5.10. The van der Waals surface area contributed by atoms with Crippen LogP contribution >= 0.6 is 11.8 Å². The van der Waals surface area contributed by atoms with E-state index in [4.69, 9.17) is 14.6 Å². The molecule has 0 saturated carbocycles. The molecule has 2 heterocycles. The SMILES string of the molecule is COc1ccc(C2=NN(C3=NC(=O)S/C3=C\c3ccc(O)c(OC)c3)C(c3ccc(N(C)C)cc3)C2)cc1. The molecule has 0 fully saturated rings. The molecule has 1 N–H and O–H groups in total. The monoisotopic (exact) mass is 528 g/mol. The molecule has 38 heavy (non-hydrogen) atoms. The van der Waals surface area contributed by atoms with Gasteiger partial charge in [-0.2, -0.15) is 10.1 Å². The van der Waals surface area contributed by atoms with Crippen LogP contribution in [0.25, 0.3) is 6.08 Å². The Hall–Kier alpha value is -4.24. The second-order valence-corrected chi connectivity index (χ2v) is 10.1. The third-order valence-corrected chi connectivity index (χ3v) is 7.25. The predicted octanol–water partition coefficient (Wildman–Crippen LogP) is 5.93. The zero-order valence-electron chi connectivity index (χ0n) is 21.6. The lowest BCUT2D eigenvalue weighted by atomic mass is 9.98. The number of amidine groups is 1. The van der Waals surface area contributed by atoms with Crippen molar-refractivity contribution in [2.75, 3.05) is 33.2 Å². The topological polar surface area (TPSA) is 87.0 Å². The third-order valence-electron chi connectivity index (χ3n) is 6.46. The number of aromatic hydroxyl groups is 1. The average molecular weight is 529 g/mol. The zero-order chi connectivity index (χ0) is 26.8. The summed E-state index contributed by atoms with van der Waals surface area (Å²) < 4.78 is 10.6. The number of thioether (sulfide) groups is 1. The Kier molecular flexibility index (Phi) is 7.11. The van der Waals surface area contributed by atoms with Gasteiger partial charge in [0.1, 0.15) is 5.75 Å². The number of aliphatic imine (C=N–C) groups is 1. The zero-order valence-corrected chi connectivity index (χ0v) is 22.4. The molecule has 1 atom stereocenters. The Morgan fingerprint density at radius 1 is 1.03 bits per heavy atom. The molecule has 3 aromatic rings. The van der Waals surface area contributed by atoms with Crippen LogP contribution in [0, 0.1) is 0 Å². The van der Waals surface area contributed by atoms with Crippen molar-refractivity contribution in [1.29, 1.82) is 0 Å². The van der Waals surface area contributed by atoms with Crippen LogP contribution in [0.3, 0.4) is 0 Å². The van der Waals surface area contributed by atoms with Crippen LogP contribution in [0.4, 0.5) is 10.5 Å². The number of carbonyl (C=O) groups excluding carboxylic acids is 1. The van der Waals surface area contributed by atoms with Gasteiger partial charge in [0, 0.05) is 26.2 Å². The summed E-state index contributed by atoms with van der Waals surface area (Å²) in [5.41, 5.74) is 4.82. The molecule has 1 unspecified atom stereocenters. The normalized spacial score (nSPS) is 18.0. The highest BCUT2D eigenvalue weighted by atomic mass is 32.2. The molecule has 9 heteroatoms. The number of carbonyl (C=O) groups is 1. The van der Waals surface area contributed by atoms with Crippen molar-refractivity contribution in [3.05, 3.63) is 88.3 Å². The molecular weight excluding hydrogens is 500 g/mol. The van der Waals surface area contributed by atoms with Crippen molar-refractivity contribution in [3.63, 3.8) is 0 Å². The lowest BCUT2D eigenvalue weighted by Crippen LogP contribution is -2.26. The van der Waals surface area contributed by atoms with Crippen LogP contribution in [0.2, 0.25) is 0 Å². The Bertz CT molecular complexity index is 1450. The number of anilines is 1. The number of ether oxygens (including phenoxy) is 2. The smallest absolute Gasteiger partial charge is 0.311 e. The number of hydrogen-bond donors (Lipinski definition) is 1. The summed E-state index contributed by atoms with van der Waals surface area (Å²) in [6.45, 7) is 0. The van der Waals surface area contributed by atoms with Gasteiger partial charge in [0.05, 0.1) is 30.9 Å². The summed E-state index contributed by atoms with van der Waals surface area (Å²) >= 11 is 1.06. The van der Waals surface area contributed by atoms with E-state index in [0.717, 1.165) is 45.6 Å². The number of hydrogen-bond acceptors (Lipinski definition) is 8. The van der Waals surface area contributed by atoms with Gasteiger partial charge < -0.3 is 19.5 Å². The molecule has 2 aliphatic rings. The van der Waals surface area contributed by atoms with E-state index >= 15 is 0 Å². The van der Waals surface area contributed by atoms with Gasteiger partial charge in [-0.15, -0.1) is 0 Å². The molecule has 1 amide bonds. The number of phenolic OH excluding ortho intramolecular Hbond substituents is 1. The summed E-state index contributed by atoms with van der Waals surface area (Å²) in [6, 6.07) is 21.1. The minimum absolute atomic E-state index is 0.0493. The largest absolute Gasteiger partial charge is 0.504 e. The first kappa shape index (κ1) is 25.4. The first-order valence-corrected chi connectivity index (χ1v) is 12.9. The van der Waals surface area contributed by atoms with Gasteiger partial charge in [0.15, 0.2) is 17.3 Å². The molecule has 3 aromatic carbocycles. The van der Waals surface area contributed by atoms with Crippen molar-refractivity contribution < 1.29 is 19.4 Å². The van der Waals surface area contributed by atoms with Gasteiger partial charge in [0.25, 0.3) is 0 Å². The Balaban J connectivity index is 1.55. The molecule has 8 nitrogen and oxygen atoms in total. The molecule has 2 aliphatic heterocycles. The first-order chi connectivity index (χ1) is 18.4. The second kappa shape index (κ2) is 10.6. The minimum Gasteiger partial charge on any atom is -0.504 e. The lowest BCUT2D eigenvalue weighted by Gasteiger charge is -2.24. The van der Waals surface area contributed by atoms with Crippen molar-refractivity contribution >= 4 is 40.3 Å². The highest BCUT2D eigenvalue weighted by molar-refractivity contribution is 8.18. The maximum atomic E-state index is 12.5. The number of rotatable bonds is 6. The Labute approximate surface area is 225 Å². The van der Waals surface area contributed by atoms with Crippen LogP contribution in [-0.4, -0.2) is 55.2 Å². The van der Waals surface area contributed by atoms with E-state index in [2.05, 4.69) is 34.2 Å². The molecule has 0 radical (unpaired) electrons. The molecule has 0 aliphatic carbocycles. The maximum absolute atomic E-state index is 12.5. The number of phenols is 1. The van der Waals surface area contributed by atoms with Crippen LogP contribution in [0.1, 0.15) is 29.2 Å². The summed E-state index contributed by atoms with van der Waals surface area (Å²) in [6.07, 6.45) is 2.51. The van der Waals surface area contributed by atoms with Gasteiger partial charge in [-0.05, 0) is 83.1 Å². The molecule has 0 bridgehead atoms. The van der Waals surface area contributed by atoms with E-state index in [1.807, 2.05) is 49.4 Å². The number of amides is 1. The fourth-order valence-corrected chi connectivity index (χ4v) is 5.16. The predicted molar refractivity (Wildman–Crippen MR) is 153 cm³/mol. The molecule has 0 spiro atoms. The van der Waals surface area contributed by atoms with Gasteiger partial charge in [-0.1, -0.05) is 18.2 Å². The summed E-state index contributed by atoms with van der Waals surface area (Å²) in [7, 11) is 7.15. The van der Waals surface area contributed by atoms with Crippen molar-refractivity contribution in [1.82, 2.24) is 5.01 Å². The molecule has 0 saturated heterocycles. The van der Waals surface area contributed by atoms with Crippen molar-refractivity contribution in [3.8, 4) is 17.2 Å². The number of hydrazone groups is 1. The quantitative estimate of drug-likeness (QED) is 0.424. The van der Waals surface area contributed by atoms with E-state index in [9.17, 15) is 9.90 Å². The Morgan fingerprint density at radius 3 is 2.42 bits per heavy atom. The number of benzene rings is 3. The van der Waals surface area contributed by atoms with Crippen LogP contribution in [-0.2, 0) is 0 Å². The standard InChI is InChI=1S/C29H28N4O4S/c1-32(2)21-10-6-20(7-11-21)24-17-23(19-8-12-22(36-3)13-9-19)31-33(24)28-27(38-29(35)30-28)16-18-5-14-25(34)26(15-18)37-4/h5-16,24,34H,17H2,1-4H3/b27-16-. The van der Waals surface area contributed by atoms with Crippen LogP contribution < -0.4 is 14.4 Å². The average Bonchev–Trinajstić information content (AvgIpc) is 3.53. The summed E-state index contributed by atoms with van der Waals surface area (Å²) in [5.74, 6) is 1.68. The van der Waals surface area contributed by atoms with E-state index in [1.54, 1.807) is 25.3 Å². The van der Waals surface area contributed by atoms with Gasteiger partial charge in [-0.3, -0.25) is 4.79 Å². The van der Waals surface area contributed by atoms with Crippen molar-refractivity contribution in [2.24, 2.45) is 10.1 Å². The van der Waals surface area contributed by atoms with Gasteiger partial charge >= 0.3 is 5.24 Å². The summed E-state index contributed by atoms with van der Waals surface area (Å²) in [5, 5.41) is 16.5. The van der Waals surface area contributed by atoms with Gasteiger partial charge in [0.2, 0.25) is 0 Å². The Morgan fingerprint density at radius 2 is 1.76 bits per heavy atom. The second-order valence-electron chi connectivity index (χ2n) is 9.07.